The lowest BCUT2D eigenvalue weighted by Crippen LogP contribution is -2.41. The second kappa shape index (κ2) is 4.94. The summed E-state index contributed by atoms with van der Waals surface area (Å²) in [7, 11) is 0. The fourth-order valence-corrected chi connectivity index (χ4v) is 2.52. The molecule has 0 radical (unpaired) electrons. The van der Waals surface area contributed by atoms with Gasteiger partial charge in [-0.15, -0.1) is 0 Å². The lowest BCUT2D eigenvalue weighted by atomic mass is 10.1. The molecule has 1 aromatic heterocycles. The smallest absolute Gasteiger partial charge is 0.287 e. The van der Waals surface area contributed by atoms with Gasteiger partial charge in [0.05, 0.1) is 0 Å². The van der Waals surface area contributed by atoms with Crippen LogP contribution in [-0.4, -0.2) is 18.5 Å². The van der Waals surface area contributed by atoms with E-state index in [1.54, 1.807) is 6.07 Å². The molecule has 4 heteroatoms. The quantitative estimate of drug-likeness (QED) is 0.898. The first-order chi connectivity index (χ1) is 9.58. The van der Waals surface area contributed by atoms with Crippen LogP contribution in [0.3, 0.4) is 0 Å². The van der Waals surface area contributed by atoms with Gasteiger partial charge in [0.2, 0.25) is 0 Å². The molecule has 1 saturated carbocycles. The van der Waals surface area contributed by atoms with Crippen LogP contribution in [0.1, 0.15) is 34.5 Å². The molecule has 3 rings (SSSR count). The van der Waals surface area contributed by atoms with Crippen LogP contribution in [0.15, 0.2) is 22.6 Å². The van der Waals surface area contributed by atoms with Gasteiger partial charge in [-0.2, -0.15) is 0 Å². The molecule has 1 amide bonds. The van der Waals surface area contributed by atoms with E-state index in [0.717, 1.165) is 29.4 Å². The molecule has 1 fully saturated rings. The molecule has 20 heavy (non-hydrogen) atoms. The molecule has 1 atom stereocenters. The van der Waals surface area contributed by atoms with Crippen molar-refractivity contribution in [2.75, 3.05) is 6.54 Å². The molecule has 1 aromatic carbocycles. The van der Waals surface area contributed by atoms with Crippen LogP contribution in [0.2, 0.25) is 0 Å². The van der Waals surface area contributed by atoms with Crippen molar-refractivity contribution in [2.45, 2.75) is 32.7 Å². The van der Waals surface area contributed by atoms with E-state index >= 15 is 0 Å². The third-order valence-electron chi connectivity index (χ3n) is 4.12. The number of furan rings is 1. The summed E-state index contributed by atoms with van der Waals surface area (Å²) in [6.07, 6.45) is 2.31. The monoisotopic (exact) mass is 272 g/mol. The maximum Gasteiger partial charge on any atom is 0.287 e. The summed E-state index contributed by atoms with van der Waals surface area (Å²) in [5.41, 5.74) is 8.83. The Hall–Kier alpha value is -1.81. The van der Waals surface area contributed by atoms with Crippen molar-refractivity contribution in [3.63, 3.8) is 0 Å². The number of rotatable bonds is 4. The highest BCUT2D eigenvalue weighted by Crippen LogP contribution is 2.32. The van der Waals surface area contributed by atoms with Gasteiger partial charge in [0.15, 0.2) is 5.76 Å². The molecule has 1 unspecified atom stereocenters. The highest BCUT2D eigenvalue weighted by molar-refractivity contribution is 5.96. The predicted molar refractivity (Wildman–Crippen MR) is 78.7 cm³/mol. The Morgan fingerprint density at radius 1 is 1.35 bits per heavy atom. The zero-order valence-electron chi connectivity index (χ0n) is 11.9. The van der Waals surface area contributed by atoms with Crippen molar-refractivity contribution in [1.29, 1.82) is 0 Å². The van der Waals surface area contributed by atoms with Gasteiger partial charge in [0.1, 0.15) is 5.58 Å². The van der Waals surface area contributed by atoms with E-state index in [9.17, 15) is 4.79 Å². The number of nitrogens with two attached hydrogens (primary N) is 1. The Morgan fingerprint density at radius 2 is 2.05 bits per heavy atom. The summed E-state index contributed by atoms with van der Waals surface area (Å²) in [4.78, 5) is 12.2. The SMILES string of the molecule is Cc1cc2cc(C(=O)NC(CN)C3CC3)oc2cc1C. The van der Waals surface area contributed by atoms with Gasteiger partial charge < -0.3 is 15.5 Å². The predicted octanol–water partition coefficient (Wildman–Crippen LogP) is 2.52. The summed E-state index contributed by atoms with van der Waals surface area (Å²) >= 11 is 0. The Labute approximate surface area is 118 Å². The van der Waals surface area contributed by atoms with E-state index in [-0.39, 0.29) is 11.9 Å². The summed E-state index contributed by atoms with van der Waals surface area (Å²) < 4.78 is 5.66. The van der Waals surface area contributed by atoms with Crippen molar-refractivity contribution in [3.05, 3.63) is 35.1 Å². The number of amides is 1. The van der Waals surface area contributed by atoms with E-state index in [0.29, 0.717) is 18.2 Å². The van der Waals surface area contributed by atoms with Crippen molar-refractivity contribution in [2.24, 2.45) is 11.7 Å². The third kappa shape index (κ3) is 2.43. The molecular formula is C16H20N2O2. The van der Waals surface area contributed by atoms with E-state index in [1.807, 2.05) is 19.1 Å². The molecule has 0 bridgehead atoms. The van der Waals surface area contributed by atoms with Crippen LogP contribution in [0.5, 0.6) is 0 Å². The molecule has 1 heterocycles. The first-order valence-corrected chi connectivity index (χ1v) is 7.10. The Bertz CT molecular complexity index is 617. The highest BCUT2D eigenvalue weighted by Gasteiger charge is 2.31. The molecular weight excluding hydrogens is 252 g/mol. The minimum atomic E-state index is -0.168. The van der Waals surface area contributed by atoms with E-state index < -0.39 is 0 Å². The zero-order valence-corrected chi connectivity index (χ0v) is 11.9. The minimum absolute atomic E-state index is 0.0687. The van der Waals surface area contributed by atoms with E-state index in [4.69, 9.17) is 10.2 Å². The van der Waals surface area contributed by atoms with Crippen LogP contribution in [0.25, 0.3) is 11.0 Å². The molecule has 0 saturated heterocycles. The summed E-state index contributed by atoms with van der Waals surface area (Å²) in [5, 5.41) is 3.94. The first-order valence-electron chi connectivity index (χ1n) is 7.10. The number of carbonyl (C=O) groups excluding carboxylic acids is 1. The Kier molecular flexibility index (Phi) is 3.26. The van der Waals surface area contributed by atoms with Crippen LogP contribution in [0.4, 0.5) is 0 Å². The summed E-state index contributed by atoms with van der Waals surface area (Å²) in [5.74, 6) is 0.737. The summed E-state index contributed by atoms with van der Waals surface area (Å²) in [6, 6.07) is 5.89. The number of benzene rings is 1. The minimum Gasteiger partial charge on any atom is -0.451 e. The standard InChI is InChI=1S/C16H20N2O2/c1-9-5-12-7-15(20-14(12)6-10(9)2)16(19)18-13(8-17)11-3-4-11/h5-7,11,13H,3-4,8,17H2,1-2H3,(H,18,19). The van der Waals surface area contributed by atoms with Crippen LogP contribution >= 0.6 is 0 Å². The van der Waals surface area contributed by atoms with Gasteiger partial charge in [-0.1, -0.05) is 0 Å². The molecule has 4 nitrogen and oxygen atoms in total. The number of fused-ring (bicyclic) bond motifs is 1. The fourth-order valence-electron chi connectivity index (χ4n) is 2.52. The molecule has 0 spiro atoms. The number of aryl methyl sites for hydroxylation is 2. The van der Waals surface area contributed by atoms with Crippen LogP contribution in [0, 0.1) is 19.8 Å². The zero-order chi connectivity index (χ0) is 14.3. The fraction of sp³-hybridized carbons (Fsp3) is 0.438. The Morgan fingerprint density at radius 3 is 2.70 bits per heavy atom. The highest BCUT2D eigenvalue weighted by atomic mass is 16.3. The lowest BCUT2D eigenvalue weighted by molar-refractivity contribution is 0.0907. The molecule has 106 valence electrons. The summed E-state index contributed by atoms with van der Waals surface area (Å²) in [6.45, 7) is 4.57. The van der Waals surface area contributed by atoms with Crippen molar-refractivity contribution in [3.8, 4) is 0 Å². The second-order valence-electron chi connectivity index (χ2n) is 5.74. The normalized spacial score (nSPS) is 16.4. The Balaban J connectivity index is 1.84. The van der Waals surface area contributed by atoms with Crippen molar-refractivity contribution in [1.82, 2.24) is 5.32 Å². The molecule has 3 N–H and O–H groups in total. The maximum absolute atomic E-state index is 12.2. The molecule has 1 aliphatic carbocycles. The van der Waals surface area contributed by atoms with E-state index in [2.05, 4.69) is 12.2 Å². The van der Waals surface area contributed by atoms with Gasteiger partial charge in [-0.05, 0) is 61.9 Å². The van der Waals surface area contributed by atoms with Crippen LogP contribution in [-0.2, 0) is 0 Å². The number of hydrogen-bond donors (Lipinski definition) is 2. The van der Waals surface area contributed by atoms with Gasteiger partial charge in [0.25, 0.3) is 5.91 Å². The van der Waals surface area contributed by atoms with Gasteiger partial charge in [-0.25, -0.2) is 0 Å². The van der Waals surface area contributed by atoms with Gasteiger partial charge in [-0.3, -0.25) is 4.79 Å². The number of hydrogen-bond acceptors (Lipinski definition) is 3. The first kappa shape index (κ1) is 13.2. The number of carbonyl (C=O) groups is 1. The van der Waals surface area contributed by atoms with E-state index in [1.165, 1.54) is 5.56 Å². The third-order valence-corrected chi connectivity index (χ3v) is 4.12. The maximum atomic E-state index is 12.2. The van der Waals surface area contributed by atoms with Crippen molar-refractivity contribution >= 4 is 16.9 Å². The van der Waals surface area contributed by atoms with Crippen molar-refractivity contribution < 1.29 is 9.21 Å². The lowest BCUT2D eigenvalue weighted by Gasteiger charge is -2.14. The molecule has 1 aliphatic rings. The average Bonchev–Trinajstić information content (AvgIpc) is 3.18. The van der Waals surface area contributed by atoms with Gasteiger partial charge >= 0.3 is 0 Å². The topological polar surface area (TPSA) is 68.3 Å². The molecule has 2 aromatic rings. The largest absolute Gasteiger partial charge is 0.451 e. The second-order valence-corrected chi connectivity index (χ2v) is 5.74. The van der Waals surface area contributed by atoms with Gasteiger partial charge in [0, 0.05) is 18.0 Å². The molecule has 0 aliphatic heterocycles. The number of nitrogens with one attached hydrogen (secondary N) is 1. The van der Waals surface area contributed by atoms with Crippen LogP contribution < -0.4 is 11.1 Å². The average molecular weight is 272 g/mol.